The molecule has 0 aromatic heterocycles. The summed E-state index contributed by atoms with van der Waals surface area (Å²) in [5.41, 5.74) is -0.462. The molecule has 0 saturated heterocycles. The van der Waals surface area contributed by atoms with E-state index in [-0.39, 0.29) is 0 Å². The van der Waals surface area contributed by atoms with Gasteiger partial charge in [0, 0.05) is 12.6 Å². The topological polar surface area (TPSA) is 32.3 Å². The van der Waals surface area contributed by atoms with Crippen molar-refractivity contribution in [3.05, 3.63) is 0 Å². The van der Waals surface area contributed by atoms with E-state index in [0.29, 0.717) is 17.9 Å². The summed E-state index contributed by atoms with van der Waals surface area (Å²) in [7, 11) is 0. The molecular weight excluding hydrogens is 186 g/mol. The van der Waals surface area contributed by atoms with Crippen LogP contribution in [-0.2, 0) is 0 Å². The molecule has 0 aromatic carbocycles. The summed E-state index contributed by atoms with van der Waals surface area (Å²) in [5.74, 6) is 1.06. The Bertz CT molecular complexity index is 191. The highest BCUT2D eigenvalue weighted by atomic mass is 16.3. The van der Waals surface area contributed by atoms with Crippen molar-refractivity contribution in [1.29, 1.82) is 0 Å². The molecule has 1 saturated carbocycles. The maximum Gasteiger partial charge on any atom is 0.0802 e. The van der Waals surface area contributed by atoms with Gasteiger partial charge in [-0.1, -0.05) is 40.5 Å². The zero-order valence-electron chi connectivity index (χ0n) is 10.7. The van der Waals surface area contributed by atoms with Gasteiger partial charge in [-0.3, -0.25) is 0 Å². The first kappa shape index (κ1) is 13.0. The van der Waals surface area contributed by atoms with Crippen LogP contribution in [0.2, 0.25) is 0 Å². The molecule has 1 aliphatic carbocycles. The van der Waals surface area contributed by atoms with Gasteiger partial charge in [-0.15, -0.1) is 0 Å². The third kappa shape index (κ3) is 3.46. The molecule has 0 spiro atoms. The van der Waals surface area contributed by atoms with E-state index < -0.39 is 5.60 Å². The molecule has 0 amide bonds. The monoisotopic (exact) mass is 213 g/mol. The van der Waals surface area contributed by atoms with Crippen LogP contribution in [0.4, 0.5) is 0 Å². The highest BCUT2D eigenvalue weighted by Gasteiger charge is 2.39. The SMILES string of the molecule is CC(C)NCC1(O)CCCCC1C(C)C. The first-order valence-electron chi connectivity index (χ1n) is 6.41. The van der Waals surface area contributed by atoms with Crippen LogP contribution in [0, 0.1) is 11.8 Å². The summed E-state index contributed by atoms with van der Waals surface area (Å²) in [4.78, 5) is 0. The molecule has 0 bridgehead atoms. The van der Waals surface area contributed by atoms with Crippen molar-refractivity contribution in [2.24, 2.45) is 11.8 Å². The fourth-order valence-electron chi connectivity index (χ4n) is 2.80. The van der Waals surface area contributed by atoms with E-state index in [1.54, 1.807) is 0 Å². The molecule has 2 heteroatoms. The van der Waals surface area contributed by atoms with Crippen molar-refractivity contribution < 1.29 is 5.11 Å². The molecule has 0 aliphatic heterocycles. The van der Waals surface area contributed by atoms with Crippen molar-refractivity contribution >= 4 is 0 Å². The summed E-state index contributed by atoms with van der Waals surface area (Å²) < 4.78 is 0. The minimum Gasteiger partial charge on any atom is -0.388 e. The van der Waals surface area contributed by atoms with Gasteiger partial charge in [0.2, 0.25) is 0 Å². The third-order valence-electron chi connectivity index (χ3n) is 3.69. The summed E-state index contributed by atoms with van der Waals surface area (Å²) in [6.45, 7) is 9.49. The molecule has 0 heterocycles. The van der Waals surface area contributed by atoms with E-state index in [2.05, 4.69) is 33.0 Å². The molecule has 1 fully saturated rings. The predicted octanol–water partition coefficient (Wildman–Crippen LogP) is 2.56. The highest BCUT2D eigenvalue weighted by Crippen LogP contribution is 2.38. The summed E-state index contributed by atoms with van der Waals surface area (Å²) in [6.07, 6.45) is 4.62. The van der Waals surface area contributed by atoms with Crippen LogP contribution in [0.1, 0.15) is 53.4 Å². The lowest BCUT2D eigenvalue weighted by Gasteiger charge is -2.43. The van der Waals surface area contributed by atoms with Gasteiger partial charge in [0.05, 0.1) is 5.60 Å². The van der Waals surface area contributed by atoms with Gasteiger partial charge in [-0.25, -0.2) is 0 Å². The largest absolute Gasteiger partial charge is 0.388 e. The summed E-state index contributed by atoms with van der Waals surface area (Å²) >= 11 is 0. The Morgan fingerprint density at radius 2 is 1.93 bits per heavy atom. The van der Waals surface area contributed by atoms with Crippen LogP contribution in [0.5, 0.6) is 0 Å². The van der Waals surface area contributed by atoms with Gasteiger partial charge >= 0.3 is 0 Å². The van der Waals surface area contributed by atoms with Gasteiger partial charge in [0.1, 0.15) is 0 Å². The Balaban J connectivity index is 2.59. The van der Waals surface area contributed by atoms with Crippen LogP contribution < -0.4 is 5.32 Å². The summed E-state index contributed by atoms with van der Waals surface area (Å²) in [5, 5.41) is 14.1. The first-order chi connectivity index (χ1) is 6.96. The predicted molar refractivity (Wildman–Crippen MR) is 64.9 cm³/mol. The lowest BCUT2D eigenvalue weighted by atomic mass is 9.70. The normalized spacial score (nSPS) is 32.6. The number of hydrogen-bond acceptors (Lipinski definition) is 2. The molecule has 0 radical (unpaired) electrons. The first-order valence-corrected chi connectivity index (χ1v) is 6.41. The van der Waals surface area contributed by atoms with Crippen LogP contribution in [0.25, 0.3) is 0 Å². The minimum absolute atomic E-state index is 0.462. The van der Waals surface area contributed by atoms with E-state index in [0.717, 1.165) is 13.0 Å². The fourth-order valence-corrected chi connectivity index (χ4v) is 2.80. The second-order valence-electron chi connectivity index (χ2n) is 5.74. The van der Waals surface area contributed by atoms with Crippen LogP contribution in [0.3, 0.4) is 0 Å². The Hall–Kier alpha value is -0.0800. The van der Waals surface area contributed by atoms with Crippen molar-refractivity contribution in [3.8, 4) is 0 Å². The zero-order valence-corrected chi connectivity index (χ0v) is 10.7. The van der Waals surface area contributed by atoms with E-state index in [1.807, 2.05) is 0 Å². The number of hydrogen-bond donors (Lipinski definition) is 2. The molecular formula is C13H27NO. The van der Waals surface area contributed by atoms with Crippen molar-refractivity contribution in [1.82, 2.24) is 5.32 Å². The standard InChI is InChI=1S/C13H27NO/c1-10(2)12-7-5-6-8-13(12,15)9-14-11(3)4/h10-12,14-15H,5-9H2,1-4H3. The Morgan fingerprint density at radius 1 is 1.27 bits per heavy atom. The van der Waals surface area contributed by atoms with E-state index in [9.17, 15) is 5.11 Å². The van der Waals surface area contributed by atoms with Crippen molar-refractivity contribution in [2.45, 2.75) is 65.0 Å². The second-order valence-corrected chi connectivity index (χ2v) is 5.74. The Kier molecular flexibility index (Phi) is 4.60. The van der Waals surface area contributed by atoms with Crippen molar-refractivity contribution in [2.75, 3.05) is 6.54 Å². The van der Waals surface area contributed by atoms with Crippen LogP contribution >= 0.6 is 0 Å². The average molecular weight is 213 g/mol. The molecule has 1 aliphatic rings. The van der Waals surface area contributed by atoms with Gasteiger partial charge < -0.3 is 10.4 Å². The molecule has 90 valence electrons. The zero-order chi connectivity index (χ0) is 11.5. The molecule has 15 heavy (non-hydrogen) atoms. The van der Waals surface area contributed by atoms with Gasteiger partial charge in [0.25, 0.3) is 0 Å². The van der Waals surface area contributed by atoms with Crippen molar-refractivity contribution in [3.63, 3.8) is 0 Å². The van der Waals surface area contributed by atoms with Crippen LogP contribution in [0.15, 0.2) is 0 Å². The molecule has 2 atom stereocenters. The lowest BCUT2D eigenvalue weighted by molar-refractivity contribution is -0.0649. The maximum absolute atomic E-state index is 10.7. The van der Waals surface area contributed by atoms with E-state index in [4.69, 9.17) is 0 Å². The average Bonchev–Trinajstić information content (AvgIpc) is 2.15. The van der Waals surface area contributed by atoms with E-state index in [1.165, 1.54) is 19.3 Å². The molecule has 1 rings (SSSR count). The molecule has 2 unspecified atom stereocenters. The molecule has 2 nitrogen and oxygen atoms in total. The Morgan fingerprint density at radius 3 is 2.47 bits per heavy atom. The number of aliphatic hydroxyl groups is 1. The number of nitrogens with one attached hydrogen (secondary N) is 1. The fraction of sp³-hybridized carbons (Fsp3) is 1.00. The highest BCUT2D eigenvalue weighted by molar-refractivity contribution is 4.93. The quantitative estimate of drug-likeness (QED) is 0.752. The molecule has 2 N–H and O–H groups in total. The van der Waals surface area contributed by atoms with Gasteiger partial charge in [-0.2, -0.15) is 0 Å². The minimum atomic E-state index is -0.462. The van der Waals surface area contributed by atoms with Gasteiger partial charge in [0.15, 0.2) is 0 Å². The van der Waals surface area contributed by atoms with E-state index >= 15 is 0 Å². The number of rotatable bonds is 4. The second kappa shape index (κ2) is 5.31. The lowest BCUT2D eigenvalue weighted by Crippen LogP contribution is -2.51. The van der Waals surface area contributed by atoms with Crippen LogP contribution in [-0.4, -0.2) is 23.3 Å². The maximum atomic E-state index is 10.7. The Labute approximate surface area is 94.5 Å². The summed E-state index contributed by atoms with van der Waals surface area (Å²) in [6, 6.07) is 0.462. The van der Waals surface area contributed by atoms with Gasteiger partial charge in [-0.05, 0) is 24.7 Å². The smallest absolute Gasteiger partial charge is 0.0802 e. The third-order valence-corrected chi connectivity index (χ3v) is 3.69. The molecule has 0 aromatic rings.